The predicted octanol–water partition coefficient (Wildman–Crippen LogP) is -0.406. The highest BCUT2D eigenvalue weighted by molar-refractivity contribution is 5.76. The first-order valence-corrected chi connectivity index (χ1v) is 9.40. The van der Waals surface area contributed by atoms with Gasteiger partial charge in [-0.1, -0.05) is 0 Å². The van der Waals surface area contributed by atoms with Crippen LogP contribution in [-0.4, -0.2) is 125 Å². The lowest BCUT2D eigenvalue weighted by molar-refractivity contribution is -0.129. The molecule has 0 radical (unpaired) electrons. The average Bonchev–Trinajstić information content (AvgIpc) is 2.59. The zero-order valence-electron chi connectivity index (χ0n) is 16.9. The number of amides is 2. The van der Waals surface area contributed by atoms with E-state index in [1.54, 1.807) is 38.0 Å². The second-order valence-corrected chi connectivity index (χ2v) is 6.98. The van der Waals surface area contributed by atoms with Crippen LogP contribution in [0, 0.1) is 0 Å². The molecule has 1 aliphatic rings. The molecular weight excluding hydrogens is 336 g/mol. The van der Waals surface area contributed by atoms with Gasteiger partial charge in [0.15, 0.2) is 0 Å². The molecule has 0 aliphatic carbocycles. The fraction of sp³-hybridized carbons (Fsp3) is 0.889. The molecule has 152 valence electrons. The molecule has 1 aliphatic heterocycles. The number of carbonyl (C=O) groups excluding carboxylic acids is 2. The topological polar surface area (TPSA) is 65.6 Å². The number of nitrogens with zero attached hydrogens (tertiary/aromatic N) is 4. The minimum absolute atomic E-state index is 0.140. The van der Waals surface area contributed by atoms with Gasteiger partial charge in [-0.15, -0.1) is 0 Å². The van der Waals surface area contributed by atoms with Gasteiger partial charge < -0.3 is 19.3 Å². The molecule has 26 heavy (non-hydrogen) atoms. The summed E-state index contributed by atoms with van der Waals surface area (Å²) in [6.45, 7) is 7.19. The molecule has 0 N–H and O–H groups in total. The van der Waals surface area contributed by atoms with Crippen LogP contribution in [0.2, 0.25) is 0 Å². The predicted molar refractivity (Wildman–Crippen MR) is 101 cm³/mol. The fourth-order valence-electron chi connectivity index (χ4n) is 2.60. The highest BCUT2D eigenvalue weighted by Crippen LogP contribution is 1.99. The third kappa shape index (κ3) is 10.1. The van der Waals surface area contributed by atoms with E-state index in [9.17, 15) is 9.59 Å². The van der Waals surface area contributed by atoms with Crippen molar-refractivity contribution in [1.82, 2.24) is 19.6 Å². The number of hydrogen-bond acceptors (Lipinski definition) is 6. The minimum Gasteiger partial charge on any atom is -0.379 e. The van der Waals surface area contributed by atoms with Crippen LogP contribution in [-0.2, 0) is 19.1 Å². The Hall–Kier alpha value is -1.22. The van der Waals surface area contributed by atoms with E-state index in [1.807, 2.05) is 0 Å². The van der Waals surface area contributed by atoms with Crippen LogP contribution in [0.3, 0.4) is 0 Å². The monoisotopic (exact) mass is 372 g/mol. The number of carbonyl (C=O) groups is 2. The minimum atomic E-state index is 0.140. The maximum Gasteiger partial charge on any atom is 0.223 e. The highest BCUT2D eigenvalue weighted by Gasteiger charge is 2.13. The average molecular weight is 373 g/mol. The Morgan fingerprint density at radius 3 is 1.27 bits per heavy atom. The summed E-state index contributed by atoms with van der Waals surface area (Å²) in [7, 11) is 7.12. The van der Waals surface area contributed by atoms with Crippen molar-refractivity contribution >= 4 is 11.8 Å². The van der Waals surface area contributed by atoms with E-state index in [1.165, 1.54) is 0 Å². The highest BCUT2D eigenvalue weighted by atomic mass is 16.5. The second-order valence-electron chi connectivity index (χ2n) is 6.98. The molecule has 0 unspecified atom stereocenters. The van der Waals surface area contributed by atoms with Crippen molar-refractivity contribution in [3.8, 4) is 0 Å². The van der Waals surface area contributed by atoms with Crippen molar-refractivity contribution in [3.05, 3.63) is 0 Å². The van der Waals surface area contributed by atoms with Crippen molar-refractivity contribution in [3.63, 3.8) is 0 Å². The van der Waals surface area contributed by atoms with E-state index in [2.05, 4.69) is 9.80 Å². The maximum atomic E-state index is 11.8. The van der Waals surface area contributed by atoms with Crippen LogP contribution >= 0.6 is 0 Å². The van der Waals surface area contributed by atoms with Gasteiger partial charge in [-0.25, -0.2) is 0 Å². The normalized spacial score (nSPS) is 18.6. The van der Waals surface area contributed by atoms with Gasteiger partial charge in [0.25, 0.3) is 0 Å². The lowest BCUT2D eigenvalue weighted by atomic mass is 10.3. The molecule has 1 rings (SSSR count). The number of rotatable bonds is 6. The van der Waals surface area contributed by atoms with E-state index >= 15 is 0 Å². The SMILES string of the molecule is CN(C)C(=O)CCN1CCOCCN(CCC(=O)N(C)C)CCOCC1. The first-order chi connectivity index (χ1) is 12.4. The summed E-state index contributed by atoms with van der Waals surface area (Å²) >= 11 is 0. The molecular formula is C18H36N4O4. The van der Waals surface area contributed by atoms with Gasteiger partial charge in [-0.05, 0) is 0 Å². The summed E-state index contributed by atoms with van der Waals surface area (Å²) in [5, 5.41) is 0. The zero-order valence-corrected chi connectivity index (χ0v) is 16.9. The van der Waals surface area contributed by atoms with Gasteiger partial charge in [0.05, 0.1) is 26.4 Å². The van der Waals surface area contributed by atoms with Crippen LogP contribution in [0.25, 0.3) is 0 Å². The first kappa shape index (κ1) is 22.8. The Bertz CT molecular complexity index is 368. The standard InChI is InChI=1S/C18H36N4O4/c1-19(2)17(23)5-7-21-9-13-25-15-11-22(12-16-26-14-10-21)8-6-18(24)20(3)4/h5-16H2,1-4H3. The summed E-state index contributed by atoms with van der Waals surface area (Å²) in [6.07, 6.45) is 1.03. The van der Waals surface area contributed by atoms with Gasteiger partial charge in [0, 0.05) is 80.3 Å². The maximum absolute atomic E-state index is 11.8. The van der Waals surface area contributed by atoms with Crippen molar-refractivity contribution in [2.45, 2.75) is 12.8 Å². The molecule has 0 aromatic rings. The van der Waals surface area contributed by atoms with Gasteiger partial charge in [0.2, 0.25) is 11.8 Å². The Balaban J connectivity index is 2.35. The van der Waals surface area contributed by atoms with Crippen LogP contribution in [0.5, 0.6) is 0 Å². The Labute approximate surface area is 158 Å². The summed E-state index contributed by atoms with van der Waals surface area (Å²) in [5.74, 6) is 0.279. The summed E-state index contributed by atoms with van der Waals surface area (Å²) in [6, 6.07) is 0. The third-order valence-electron chi connectivity index (χ3n) is 4.49. The van der Waals surface area contributed by atoms with Crippen molar-refractivity contribution < 1.29 is 19.1 Å². The summed E-state index contributed by atoms with van der Waals surface area (Å²) < 4.78 is 11.5. The molecule has 0 aromatic heterocycles. The van der Waals surface area contributed by atoms with E-state index in [0.29, 0.717) is 39.3 Å². The van der Waals surface area contributed by atoms with Crippen molar-refractivity contribution in [1.29, 1.82) is 0 Å². The fourth-order valence-corrected chi connectivity index (χ4v) is 2.60. The Kier molecular flexibility index (Phi) is 11.4. The lowest BCUT2D eigenvalue weighted by Crippen LogP contribution is -2.38. The molecule has 8 heteroatoms. The van der Waals surface area contributed by atoms with E-state index in [4.69, 9.17) is 9.47 Å². The molecule has 0 spiro atoms. The number of ether oxygens (including phenoxy) is 2. The molecule has 2 amide bonds. The molecule has 0 saturated carbocycles. The molecule has 1 heterocycles. The van der Waals surface area contributed by atoms with Gasteiger partial charge in [0.1, 0.15) is 0 Å². The van der Waals surface area contributed by atoms with Gasteiger partial charge in [-0.2, -0.15) is 0 Å². The first-order valence-electron chi connectivity index (χ1n) is 9.40. The van der Waals surface area contributed by atoms with E-state index in [-0.39, 0.29) is 11.8 Å². The molecule has 8 nitrogen and oxygen atoms in total. The molecule has 1 fully saturated rings. The van der Waals surface area contributed by atoms with Crippen molar-refractivity contribution in [2.75, 3.05) is 93.9 Å². The zero-order chi connectivity index (χ0) is 19.4. The Morgan fingerprint density at radius 1 is 0.692 bits per heavy atom. The van der Waals surface area contributed by atoms with Crippen molar-refractivity contribution in [2.24, 2.45) is 0 Å². The second kappa shape index (κ2) is 13.0. The van der Waals surface area contributed by atoms with Crippen LogP contribution in [0.1, 0.15) is 12.8 Å². The van der Waals surface area contributed by atoms with Gasteiger partial charge >= 0.3 is 0 Å². The van der Waals surface area contributed by atoms with Crippen LogP contribution < -0.4 is 0 Å². The van der Waals surface area contributed by atoms with Crippen LogP contribution in [0.15, 0.2) is 0 Å². The third-order valence-corrected chi connectivity index (χ3v) is 4.49. The van der Waals surface area contributed by atoms with E-state index in [0.717, 1.165) is 39.3 Å². The summed E-state index contributed by atoms with van der Waals surface area (Å²) in [4.78, 5) is 31.2. The largest absolute Gasteiger partial charge is 0.379 e. The molecule has 1 saturated heterocycles. The molecule has 0 atom stereocenters. The molecule has 0 bridgehead atoms. The quantitative estimate of drug-likeness (QED) is 0.632. The summed E-state index contributed by atoms with van der Waals surface area (Å²) in [5.41, 5.74) is 0. The lowest BCUT2D eigenvalue weighted by Gasteiger charge is -2.26. The number of hydrogen-bond donors (Lipinski definition) is 0. The molecule has 0 aromatic carbocycles. The van der Waals surface area contributed by atoms with Crippen LogP contribution in [0.4, 0.5) is 0 Å². The Morgan fingerprint density at radius 2 is 1.00 bits per heavy atom. The smallest absolute Gasteiger partial charge is 0.223 e. The van der Waals surface area contributed by atoms with Gasteiger partial charge in [-0.3, -0.25) is 19.4 Å². The van der Waals surface area contributed by atoms with E-state index < -0.39 is 0 Å².